The number of hydrogen-bond acceptors (Lipinski definition) is 4. The minimum absolute atomic E-state index is 0.259. The number of aryl methyl sites for hydroxylation is 3. The summed E-state index contributed by atoms with van der Waals surface area (Å²) in [6, 6.07) is 4.51. The predicted molar refractivity (Wildman–Crippen MR) is 96.8 cm³/mol. The molecule has 2 aromatic heterocycles. The third kappa shape index (κ3) is 4.25. The zero-order chi connectivity index (χ0) is 17.8. The summed E-state index contributed by atoms with van der Waals surface area (Å²) >= 11 is 0. The first kappa shape index (κ1) is 17.6. The summed E-state index contributed by atoms with van der Waals surface area (Å²) in [5.74, 6) is 0.848. The van der Waals surface area contributed by atoms with Crippen LogP contribution in [0.5, 0.6) is 0 Å². The van der Waals surface area contributed by atoms with Gasteiger partial charge in [0.15, 0.2) is 0 Å². The lowest BCUT2D eigenvalue weighted by Crippen LogP contribution is -2.25. The highest BCUT2D eigenvalue weighted by Crippen LogP contribution is 2.32. The van der Waals surface area contributed by atoms with E-state index in [1.165, 1.54) is 6.42 Å². The molecule has 2 N–H and O–H groups in total. The number of nitrogens with two attached hydrogens (primary N) is 1. The minimum Gasteiger partial charge on any atom is -0.370 e. The van der Waals surface area contributed by atoms with E-state index >= 15 is 0 Å². The molecule has 0 aromatic carbocycles. The Kier molecular flexibility index (Phi) is 5.48. The van der Waals surface area contributed by atoms with Gasteiger partial charge in [-0.2, -0.15) is 0 Å². The van der Waals surface area contributed by atoms with Gasteiger partial charge in [-0.15, -0.1) is 0 Å². The molecule has 1 amide bonds. The van der Waals surface area contributed by atoms with Gasteiger partial charge in [0, 0.05) is 31.1 Å². The van der Waals surface area contributed by atoms with E-state index in [0.29, 0.717) is 18.9 Å². The van der Waals surface area contributed by atoms with Crippen LogP contribution in [0.4, 0.5) is 0 Å². The number of hydrogen-bond donors (Lipinski definition) is 1. The molecule has 134 valence electrons. The quantitative estimate of drug-likeness (QED) is 0.839. The molecule has 1 unspecified atom stereocenters. The molecule has 1 saturated heterocycles. The van der Waals surface area contributed by atoms with Crippen LogP contribution in [0.3, 0.4) is 0 Å². The van der Waals surface area contributed by atoms with Crippen molar-refractivity contribution in [2.24, 2.45) is 5.73 Å². The third-order valence-corrected chi connectivity index (χ3v) is 4.89. The molecule has 1 atom stereocenters. The van der Waals surface area contributed by atoms with Crippen molar-refractivity contribution in [1.82, 2.24) is 19.4 Å². The Balaban J connectivity index is 1.78. The maximum absolute atomic E-state index is 11.1. The van der Waals surface area contributed by atoms with Gasteiger partial charge in [0.25, 0.3) is 0 Å². The standard InChI is InChI=1S/C19H27N5O/c1-3-23-10-8-21-19(23)13-24-9-4-5-17(24)16-12-15(6-7-18(20)25)11-14(2)22-16/h8,10-12,17H,3-7,9,13H2,1-2H3,(H2,20,25). The second-order valence-corrected chi connectivity index (χ2v) is 6.77. The van der Waals surface area contributed by atoms with E-state index in [2.05, 4.69) is 33.5 Å². The highest BCUT2D eigenvalue weighted by Gasteiger charge is 2.28. The normalized spacial score (nSPS) is 17.9. The van der Waals surface area contributed by atoms with Crippen LogP contribution in [0.2, 0.25) is 0 Å². The Bertz CT molecular complexity index is 739. The second kappa shape index (κ2) is 7.78. The van der Waals surface area contributed by atoms with E-state index in [4.69, 9.17) is 10.7 Å². The molecule has 2 aromatic rings. The fraction of sp³-hybridized carbons (Fsp3) is 0.526. The highest BCUT2D eigenvalue weighted by atomic mass is 16.1. The molecule has 6 heteroatoms. The lowest BCUT2D eigenvalue weighted by molar-refractivity contribution is -0.117. The van der Waals surface area contributed by atoms with Crippen LogP contribution in [0.15, 0.2) is 24.5 Å². The number of likely N-dealkylation sites (tertiary alicyclic amines) is 1. The summed E-state index contributed by atoms with van der Waals surface area (Å²) in [7, 11) is 0. The number of rotatable bonds is 7. The zero-order valence-electron chi connectivity index (χ0n) is 15.1. The van der Waals surface area contributed by atoms with Gasteiger partial charge in [-0.25, -0.2) is 4.98 Å². The van der Waals surface area contributed by atoms with Crippen molar-refractivity contribution in [3.05, 3.63) is 47.3 Å². The average molecular weight is 341 g/mol. The summed E-state index contributed by atoms with van der Waals surface area (Å²) in [4.78, 5) is 22.8. The number of carbonyl (C=O) groups excluding carboxylic acids is 1. The first-order valence-corrected chi connectivity index (χ1v) is 9.06. The fourth-order valence-electron chi connectivity index (χ4n) is 3.66. The molecule has 1 aliphatic heterocycles. The Morgan fingerprint density at radius 2 is 2.24 bits per heavy atom. The SMILES string of the molecule is CCn1ccnc1CN1CCCC1c1cc(CCC(N)=O)cc(C)n1. The minimum atomic E-state index is -0.259. The predicted octanol–water partition coefficient (Wildman–Crippen LogP) is 2.36. The van der Waals surface area contributed by atoms with Gasteiger partial charge in [0.2, 0.25) is 5.91 Å². The van der Waals surface area contributed by atoms with Crippen LogP contribution in [0.1, 0.15) is 55.0 Å². The maximum Gasteiger partial charge on any atom is 0.217 e. The van der Waals surface area contributed by atoms with Crippen LogP contribution in [0.25, 0.3) is 0 Å². The third-order valence-electron chi connectivity index (χ3n) is 4.89. The van der Waals surface area contributed by atoms with E-state index in [0.717, 1.165) is 48.8 Å². The topological polar surface area (TPSA) is 77.0 Å². The van der Waals surface area contributed by atoms with E-state index < -0.39 is 0 Å². The van der Waals surface area contributed by atoms with Crippen LogP contribution in [-0.2, 0) is 24.3 Å². The van der Waals surface area contributed by atoms with Crippen molar-refractivity contribution < 1.29 is 4.79 Å². The molecule has 0 aliphatic carbocycles. The maximum atomic E-state index is 11.1. The molecule has 0 radical (unpaired) electrons. The van der Waals surface area contributed by atoms with E-state index in [1.54, 1.807) is 0 Å². The van der Waals surface area contributed by atoms with E-state index in [1.807, 2.05) is 19.3 Å². The highest BCUT2D eigenvalue weighted by molar-refractivity contribution is 5.74. The number of imidazole rings is 1. The van der Waals surface area contributed by atoms with Gasteiger partial charge in [-0.05, 0) is 57.4 Å². The molecule has 0 spiro atoms. The second-order valence-electron chi connectivity index (χ2n) is 6.77. The van der Waals surface area contributed by atoms with Crippen molar-refractivity contribution in [3.63, 3.8) is 0 Å². The van der Waals surface area contributed by atoms with Crippen molar-refractivity contribution in [1.29, 1.82) is 0 Å². The van der Waals surface area contributed by atoms with E-state index in [-0.39, 0.29) is 5.91 Å². The molecular formula is C19H27N5O. The van der Waals surface area contributed by atoms with Crippen molar-refractivity contribution in [3.8, 4) is 0 Å². The van der Waals surface area contributed by atoms with Crippen LogP contribution < -0.4 is 5.73 Å². The van der Waals surface area contributed by atoms with Crippen LogP contribution in [-0.4, -0.2) is 31.9 Å². The number of amides is 1. The fourth-order valence-corrected chi connectivity index (χ4v) is 3.66. The molecule has 1 fully saturated rings. The molecular weight excluding hydrogens is 314 g/mol. The van der Waals surface area contributed by atoms with E-state index in [9.17, 15) is 4.79 Å². The lowest BCUT2D eigenvalue weighted by Gasteiger charge is -2.24. The summed E-state index contributed by atoms with van der Waals surface area (Å²) in [5, 5.41) is 0. The first-order chi connectivity index (χ1) is 12.1. The van der Waals surface area contributed by atoms with Gasteiger partial charge in [0.1, 0.15) is 5.82 Å². The summed E-state index contributed by atoms with van der Waals surface area (Å²) < 4.78 is 2.19. The van der Waals surface area contributed by atoms with Crippen LogP contribution in [0, 0.1) is 6.92 Å². The number of pyridine rings is 1. The summed E-state index contributed by atoms with van der Waals surface area (Å²) in [6.45, 7) is 7.00. The summed E-state index contributed by atoms with van der Waals surface area (Å²) in [5.41, 5.74) is 8.54. The first-order valence-electron chi connectivity index (χ1n) is 9.06. The van der Waals surface area contributed by atoms with Gasteiger partial charge in [-0.1, -0.05) is 0 Å². The van der Waals surface area contributed by atoms with Gasteiger partial charge >= 0.3 is 0 Å². The van der Waals surface area contributed by atoms with Crippen molar-refractivity contribution >= 4 is 5.91 Å². The van der Waals surface area contributed by atoms with Gasteiger partial charge < -0.3 is 10.3 Å². The molecule has 3 heterocycles. The Hall–Kier alpha value is -2.21. The number of aromatic nitrogens is 3. The van der Waals surface area contributed by atoms with Gasteiger partial charge in [0.05, 0.1) is 18.3 Å². The zero-order valence-corrected chi connectivity index (χ0v) is 15.1. The van der Waals surface area contributed by atoms with Crippen molar-refractivity contribution in [2.75, 3.05) is 6.54 Å². The molecule has 0 saturated carbocycles. The number of carbonyl (C=O) groups is 1. The monoisotopic (exact) mass is 341 g/mol. The molecule has 0 bridgehead atoms. The molecule has 1 aliphatic rings. The molecule has 25 heavy (non-hydrogen) atoms. The Morgan fingerprint density at radius 1 is 1.40 bits per heavy atom. The molecule has 6 nitrogen and oxygen atoms in total. The Morgan fingerprint density at radius 3 is 3.00 bits per heavy atom. The Labute approximate surface area is 149 Å². The number of nitrogens with zero attached hydrogens (tertiary/aromatic N) is 4. The van der Waals surface area contributed by atoms with Crippen molar-refractivity contribution in [2.45, 2.75) is 58.7 Å². The average Bonchev–Trinajstić information content (AvgIpc) is 3.22. The smallest absolute Gasteiger partial charge is 0.217 e. The van der Waals surface area contributed by atoms with Gasteiger partial charge in [-0.3, -0.25) is 14.7 Å². The largest absolute Gasteiger partial charge is 0.370 e. The molecule has 3 rings (SSSR count). The van der Waals surface area contributed by atoms with Crippen LogP contribution >= 0.6 is 0 Å². The summed E-state index contributed by atoms with van der Waals surface area (Å²) in [6.07, 6.45) is 7.25. The lowest BCUT2D eigenvalue weighted by atomic mass is 10.0. The number of primary amides is 1.